The Kier molecular flexibility index (Phi) is 5.50. The van der Waals surface area contributed by atoms with Gasteiger partial charge in [-0.15, -0.1) is 0 Å². The van der Waals surface area contributed by atoms with Crippen LogP contribution in [0.1, 0.15) is 61.0 Å². The topological polar surface area (TPSA) is 199 Å². The van der Waals surface area contributed by atoms with E-state index < -0.39 is 35.5 Å². The van der Waals surface area contributed by atoms with Crippen molar-refractivity contribution in [3.63, 3.8) is 0 Å². The highest BCUT2D eigenvalue weighted by molar-refractivity contribution is 6.02. The quantitative estimate of drug-likeness (QED) is 0.190. The molecule has 1 aromatic rings. The maximum absolute atomic E-state index is 13.7. The molecule has 4 heterocycles. The summed E-state index contributed by atoms with van der Waals surface area (Å²) in [7, 11) is 0. The zero-order valence-electron chi connectivity index (χ0n) is 22.0. The zero-order valence-corrected chi connectivity index (χ0v) is 22.0. The van der Waals surface area contributed by atoms with Gasteiger partial charge in [-0.05, 0) is 41.9 Å². The minimum Gasteiger partial charge on any atom is -0.370 e. The lowest BCUT2D eigenvalue weighted by Gasteiger charge is -2.49. The lowest BCUT2D eigenvalue weighted by molar-refractivity contribution is -0.230. The van der Waals surface area contributed by atoms with Crippen molar-refractivity contribution in [1.29, 1.82) is 0 Å². The lowest BCUT2D eigenvalue weighted by atomic mass is 9.70. The van der Waals surface area contributed by atoms with Crippen molar-refractivity contribution in [3.8, 4) is 0 Å². The van der Waals surface area contributed by atoms with Gasteiger partial charge in [0.25, 0.3) is 5.91 Å². The molecule has 1 spiro atoms. The van der Waals surface area contributed by atoms with Crippen LogP contribution in [0.15, 0.2) is 28.2 Å². The third kappa shape index (κ3) is 3.55. The molecular formula is C26H34N8O5. The Bertz CT molecular complexity index is 1320. The molecule has 2 unspecified atom stereocenters. The second-order valence-electron chi connectivity index (χ2n) is 11.7. The van der Waals surface area contributed by atoms with Gasteiger partial charge in [-0.1, -0.05) is 26.0 Å². The fourth-order valence-electron chi connectivity index (χ4n) is 7.13. The number of nitrogens with one attached hydrogen (secondary N) is 2. The number of carbonyl (C=O) groups is 3. The van der Waals surface area contributed by atoms with Gasteiger partial charge in [0.1, 0.15) is 12.1 Å². The Morgan fingerprint density at radius 1 is 1.15 bits per heavy atom. The number of aryl methyl sites for hydroxylation is 1. The van der Waals surface area contributed by atoms with Gasteiger partial charge < -0.3 is 37.2 Å². The van der Waals surface area contributed by atoms with Gasteiger partial charge in [-0.3, -0.25) is 19.3 Å². The Morgan fingerprint density at radius 3 is 2.59 bits per heavy atom. The monoisotopic (exact) mass is 538 g/mol. The maximum Gasteiger partial charge on any atom is 0.252 e. The average molecular weight is 539 g/mol. The molecule has 39 heavy (non-hydrogen) atoms. The van der Waals surface area contributed by atoms with E-state index in [1.165, 1.54) is 4.90 Å². The zero-order chi connectivity index (χ0) is 27.9. The van der Waals surface area contributed by atoms with Gasteiger partial charge in [0.2, 0.25) is 17.6 Å². The molecule has 13 heteroatoms. The van der Waals surface area contributed by atoms with Crippen molar-refractivity contribution in [2.24, 2.45) is 21.5 Å². The number of fused-ring (bicyclic) bond motifs is 1. The van der Waals surface area contributed by atoms with E-state index in [0.29, 0.717) is 5.56 Å². The molecule has 8 N–H and O–H groups in total. The number of imide groups is 1. The van der Waals surface area contributed by atoms with Crippen LogP contribution in [0.2, 0.25) is 0 Å². The van der Waals surface area contributed by atoms with E-state index in [1.807, 2.05) is 12.1 Å². The van der Waals surface area contributed by atoms with Crippen LogP contribution in [0, 0.1) is 0 Å². The molecule has 1 aromatic carbocycles. The molecule has 6 rings (SSSR count). The van der Waals surface area contributed by atoms with Crippen LogP contribution in [-0.2, 0) is 21.4 Å². The average Bonchev–Trinajstić information content (AvgIpc) is 3.46. The Hall–Kier alpha value is -3.71. The first-order valence-corrected chi connectivity index (χ1v) is 13.3. The Balaban J connectivity index is 1.33. The molecule has 13 nitrogen and oxygen atoms in total. The van der Waals surface area contributed by atoms with E-state index in [-0.39, 0.29) is 55.1 Å². The van der Waals surface area contributed by atoms with Crippen molar-refractivity contribution >= 4 is 29.6 Å². The third-order valence-corrected chi connectivity index (χ3v) is 8.95. The number of hydrogen-bond donors (Lipinski definition) is 6. The summed E-state index contributed by atoms with van der Waals surface area (Å²) < 4.78 is 0. The largest absolute Gasteiger partial charge is 0.370 e. The number of rotatable bonds is 4. The molecule has 3 amide bonds. The molecule has 208 valence electrons. The SMILES string of the molecule is CC1(C)CCCc2cccc(C(=O)NC3CN4C(N)=N[C@@H](CN5C(=O)CCC5=O)[C@@H]5N=C(N)NC54C3(O)O)c21. The van der Waals surface area contributed by atoms with Crippen LogP contribution in [0.4, 0.5) is 0 Å². The fraction of sp³-hybridized carbons (Fsp3) is 0.577. The van der Waals surface area contributed by atoms with E-state index in [4.69, 9.17) is 11.5 Å². The van der Waals surface area contributed by atoms with Gasteiger partial charge in [0, 0.05) is 24.9 Å². The summed E-state index contributed by atoms with van der Waals surface area (Å²) >= 11 is 0. The first kappa shape index (κ1) is 25.6. The van der Waals surface area contributed by atoms with Crippen molar-refractivity contribution in [2.75, 3.05) is 13.1 Å². The van der Waals surface area contributed by atoms with Gasteiger partial charge in [-0.25, -0.2) is 9.98 Å². The molecule has 4 atom stereocenters. The highest BCUT2D eigenvalue weighted by atomic mass is 16.5. The number of nitrogens with two attached hydrogens (primary N) is 2. The number of aliphatic hydroxyl groups is 2. The van der Waals surface area contributed by atoms with Crippen molar-refractivity contribution < 1.29 is 24.6 Å². The highest BCUT2D eigenvalue weighted by Gasteiger charge is 2.73. The molecule has 2 fully saturated rings. The van der Waals surface area contributed by atoms with Crippen LogP contribution >= 0.6 is 0 Å². The molecule has 1 aliphatic carbocycles. The fourth-order valence-corrected chi connectivity index (χ4v) is 7.13. The molecule has 0 bridgehead atoms. The maximum atomic E-state index is 13.7. The van der Waals surface area contributed by atoms with Crippen LogP contribution in [0.25, 0.3) is 0 Å². The van der Waals surface area contributed by atoms with Crippen LogP contribution in [0.5, 0.6) is 0 Å². The number of carbonyl (C=O) groups excluding carboxylic acids is 3. The van der Waals surface area contributed by atoms with Crippen molar-refractivity contribution in [3.05, 3.63) is 34.9 Å². The summed E-state index contributed by atoms with van der Waals surface area (Å²) in [6.45, 7) is 4.00. The van der Waals surface area contributed by atoms with E-state index in [9.17, 15) is 24.6 Å². The van der Waals surface area contributed by atoms with Gasteiger partial charge in [0.15, 0.2) is 17.6 Å². The summed E-state index contributed by atoms with van der Waals surface area (Å²) in [5.41, 5.74) is 13.0. The summed E-state index contributed by atoms with van der Waals surface area (Å²) in [5.74, 6) is -3.83. The predicted octanol–water partition coefficient (Wildman–Crippen LogP) is -1.78. The van der Waals surface area contributed by atoms with E-state index in [2.05, 4.69) is 34.5 Å². The number of nitrogens with zero attached hydrogens (tertiary/aromatic N) is 4. The highest BCUT2D eigenvalue weighted by Crippen LogP contribution is 2.45. The van der Waals surface area contributed by atoms with E-state index >= 15 is 0 Å². The van der Waals surface area contributed by atoms with E-state index in [1.54, 1.807) is 6.07 Å². The second-order valence-corrected chi connectivity index (χ2v) is 11.7. The molecule has 0 saturated carbocycles. The van der Waals surface area contributed by atoms with Gasteiger partial charge in [-0.2, -0.15) is 0 Å². The molecule has 5 aliphatic rings. The van der Waals surface area contributed by atoms with Gasteiger partial charge in [0.05, 0.1) is 12.6 Å². The van der Waals surface area contributed by atoms with Crippen molar-refractivity contribution in [2.45, 2.75) is 80.9 Å². The Labute approximate surface area is 225 Å². The number of hydrogen-bond acceptors (Lipinski definition) is 11. The molecule has 2 saturated heterocycles. The minimum absolute atomic E-state index is 0.0461. The standard InChI is InChI=1S/C26H34N8O5/c1-24(2)10-4-6-13-5-3-7-14(19(13)24)21(37)30-16-12-34-23(28)29-15(11-33-17(35)8-9-18(33)36)20-25(34,26(16,38)39)32-22(27)31-20/h3,5,7,15-16,20,38-39H,4,6,8-12H2,1-2H3,(H2,28,29)(H,30,37)(H3,27,31,32)/t15-,16?,20-,25?/m0/s1. The number of guanidine groups is 2. The number of benzene rings is 1. The lowest BCUT2D eigenvalue weighted by Crippen LogP contribution is -2.78. The van der Waals surface area contributed by atoms with Crippen molar-refractivity contribution in [1.82, 2.24) is 20.4 Å². The summed E-state index contributed by atoms with van der Waals surface area (Å²) in [6, 6.07) is 2.54. The number of amides is 3. The Morgan fingerprint density at radius 2 is 1.87 bits per heavy atom. The summed E-state index contributed by atoms with van der Waals surface area (Å²) in [5, 5.41) is 29.2. The predicted molar refractivity (Wildman–Crippen MR) is 140 cm³/mol. The van der Waals surface area contributed by atoms with Crippen LogP contribution in [-0.4, -0.2) is 92.3 Å². The first-order valence-electron chi connectivity index (χ1n) is 13.3. The minimum atomic E-state index is -2.61. The first-order chi connectivity index (χ1) is 18.4. The molecule has 4 aliphatic heterocycles. The molecule has 0 radical (unpaired) electrons. The van der Waals surface area contributed by atoms with Gasteiger partial charge >= 0.3 is 0 Å². The molecule has 0 aromatic heterocycles. The van der Waals surface area contributed by atoms with Crippen LogP contribution in [0.3, 0.4) is 0 Å². The summed E-state index contributed by atoms with van der Waals surface area (Å²) in [4.78, 5) is 49.7. The smallest absolute Gasteiger partial charge is 0.252 e. The normalized spacial score (nSPS) is 32.2. The summed E-state index contributed by atoms with van der Waals surface area (Å²) in [6.07, 6.45) is 3.06. The number of likely N-dealkylation sites (tertiary alicyclic amines) is 1. The molecular weight excluding hydrogens is 504 g/mol. The second kappa shape index (κ2) is 8.39. The number of aliphatic imine (C=N–C) groups is 2. The van der Waals surface area contributed by atoms with E-state index in [0.717, 1.165) is 35.3 Å². The van der Waals surface area contributed by atoms with Crippen LogP contribution < -0.4 is 22.1 Å². The third-order valence-electron chi connectivity index (χ3n) is 8.95.